The lowest BCUT2D eigenvalue weighted by Gasteiger charge is -2.09. The van der Waals surface area contributed by atoms with Crippen molar-refractivity contribution in [3.05, 3.63) is 99.9 Å². The molecule has 0 aliphatic heterocycles. The van der Waals surface area contributed by atoms with Gasteiger partial charge in [0.15, 0.2) is 5.78 Å². The van der Waals surface area contributed by atoms with E-state index in [1.165, 1.54) is 49.6 Å². The minimum Gasteiger partial charge on any atom is -0.497 e. The zero-order chi connectivity index (χ0) is 22.9. The molecule has 0 fully saturated rings. The van der Waals surface area contributed by atoms with Gasteiger partial charge in [0, 0.05) is 22.7 Å². The van der Waals surface area contributed by atoms with Crippen molar-refractivity contribution in [3.63, 3.8) is 0 Å². The lowest BCUT2D eigenvalue weighted by molar-refractivity contribution is 0.103. The Hall–Kier alpha value is -3.91. The first-order valence-electron chi connectivity index (χ1n) is 9.63. The predicted octanol–water partition coefficient (Wildman–Crippen LogP) is 4.14. The first-order chi connectivity index (χ1) is 15.3. The van der Waals surface area contributed by atoms with Crippen LogP contribution in [-0.4, -0.2) is 21.3 Å². The molecule has 0 unspecified atom stereocenters. The molecule has 0 spiro atoms. The first kappa shape index (κ1) is 21.3. The van der Waals surface area contributed by atoms with Crippen molar-refractivity contribution in [2.24, 2.45) is 0 Å². The van der Waals surface area contributed by atoms with Crippen molar-refractivity contribution < 1.29 is 22.4 Å². The number of methoxy groups -OCH3 is 1. The zero-order valence-electron chi connectivity index (χ0n) is 17.3. The number of rotatable bonds is 6. The molecule has 1 heterocycles. The Labute approximate surface area is 184 Å². The van der Waals surface area contributed by atoms with Gasteiger partial charge in [-0.15, -0.1) is 0 Å². The monoisotopic (exact) mass is 449 g/mol. The molecule has 1 aromatic heterocycles. The molecule has 0 bridgehead atoms. The summed E-state index contributed by atoms with van der Waals surface area (Å²) in [4.78, 5) is 25.4. The summed E-state index contributed by atoms with van der Waals surface area (Å²) < 4.78 is 37.9. The molecule has 0 saturated carbocycles. The second-order valence-corrected chi connectivity index (χ2v) is 8.86. The Bertz CT molecular complexity index is 1470. The summed E-state index contributed by atoms with van der Waals surface area (Å²) in [6, 6.07) is 18.7. The third-order valence-electron chi connectivity index (χ3n) is 4.92. The molecule has 4 aromatic rings. The third-order valence-corrected chi connectivity index (χ3v) is 6.32. The van der Waals surface area contributed by atoms with Crippen molar-refractivity contribution >= 4 is 32.5 Å². The van der Waals surface area contributed by atoms with Gasteiger partial charge in [0.2, 0.25) is 0 Å². The van der Waals surface area contributed by atoms with Crippen molar-refractivity contribution in [1.82, 2.24) is 0 Å². The van der Waals surface area contributed by atoms with E-state index in [9.17, 15) is 18.0 Å². The lowest BCUT2D eigenvalue weighted by Crippen LogP contribution is -2.15. The number of fused-ring (bicyclic) bond motifs is 1. The molecule has 1 N–H and O–H groups in total. The summed E-state index contributed by atoms with van der Waals surface area (Å²) in [6.45, 7) is 1.87. The van der Waals surface area contributed by atoms with Gasteiger partial charge in [-0.3, -0.25) is 9.52 Å². The van der Waals surface area contributed by atoms with Crippen LogP contribution in [-0.2, 0) is 10.0 Å². The van der Waals surface area contributed by atoms with Crippen LogP contribution in [0.25, 0.3) is 11.0 Å². The average molecular weight is 449 g/mol. The van der Waals surface area contributed by atoms with Crippen LogP contribution >= 0.6 is 0 Å². The van der Waals surface area contributed by atoms with Crippen LogP contribution in [0.4, 0.5) is 5.69 Å². The number of hydrogen-bond acceptors (Lipinski definition) is 6. The summed E-state index contributed by atoms with van der Waals surface area (Å²) in [5.74, 6) is 0.00724. The van der Waals surface area contributed by atoms with Crippen LogP contribution in [0.5, 0.6) is 5.75 Å². The van der Waals surface area contributed by atoms with E-state index in [0.29, 0.717) is 22.4 Å². The van der Waals surface area contributed by atoms with Gasteiger partial charge >= 0.3 is 5.63 Å². The Kier molecular flexibility index (Phi) is 5.54. The van der Waals surface area contributed by atoms with Gasteiger partial charge in [0.25, 0.3) is 10.0 Å². The minimum atomic E-state index is -3.76. The standard InChI is InChI=1S/C24H19NO6S/c1-15-3-11-20(12-4-15)32(28,29)25-18-8-5-16(6-9-18)23(26)21-13-17-7-10-19(30-2)14-22(17)31-24(21)27/h3-14,25H,1-2H3. The van der Waals surface area contributed by atoms with Crippen LogP contribution in [0, 0.1) is 6.92 Å². The molecule has 3 aromatic carbocycles. The maximum Gasteiger partial charge on any atom is 0.347 e. The Balaban J connectivity index is 1.59. The van der Waals surface area contributed by atoms with E-state index in [4.69, 9.17) is 9.15 Å². The third kappa shape index (κ3) is 4.26. The fourth-order valence-electron chi connectivity index (χ4n) is 3.15. The SMILES string of the molecule is COc1ccc2cc(C(=O)c3ccc(NS(=O)(=O)c4ccc(C)cc4)cc3)c(=O)oc2c1. The molecule has 8 heteroatoms. The molecule has 0 aliphatic carbocycles. The van der Waals surface area contributed by atoms with Crippen LogP contribution in [0.15, 0.2) is 86.9 Å². The minimum absolute atomic E-state index is 0.115. The Morgan fingerprint density at radius 1 is 0.938 bits per heavy atom. The van der Waals surface area contributed by atoms with E-state index >= 15 is 0 Å². The Morgan fingerprint density at radius 2 is 1.62 bits per heavy atom. The number of nitrogens with one attached hydrogen (secondary N) is 1. The van der Waals surface area contributed by atoms with Crippen molar-refractivity contribution in [1.29, 1.82) is 0 Å². The van der Waals surface area contributed by atoms with E-state index in [1.54, 1.807) is 30.3 Å². The smallest absolute Gasteiger partial charge is 0.347 e. The molecule has 0 radical (unpaired) electrons. The van der Waals surface area contributed by atoms with Crippen LogP contribution in [0.2, 0.25) is 0 Å². The summed E-state index contributed by atoms with van der Waals surface area (Å²) in [5.41, 5.74) is 0.898. The van der Waals surface area contributed by atoms with Gasteiger partial charge in [-0.2, -0.15) is 0 Å². The largest absolute Gasteiger partial charge is 0.497 e. The number of sulfonamides is 1. The number of aryl methyl sites for hydroxylation is 1. The first-order valence-corrected chi connectivity index (χ1v) is 11.1. The lowest BCUT2D eigenvalue weighted by atomic mass is 10.0. The molecule has 4 rings (SSSR count). The summed E-state index contributed by atoms with van der Waals surface area (Å²) in [6.07, 6.45) is 0. The highest BCUT2D eigenvalue weighted by Gasteiger charge is 2.18. The molecule has 0 amide bonds. The fourth-order valence-corrected chi connectivity index (χ4v) is 4.21. The van der Waals surface area contributed by atoms with Gasteiger partial charge in [0.1, 0.15) is 16.9 Å². The molecule has 32 heavy (non-hydrogen) atoms. The highest BCUT2D eigenvalue weighted by atomic mass is 32.2. The topological polar surface area (TPSA) is 103 Å². The zero-order valence-corrected chi connectivity index (χ0v) is 18.1. The van der Waals surface area contributed by atoms with Gasteiger partial charge in [-0.1, -0.05) is 17.7 Å². The van der Waals surface area contributed by atoms with Gasteiger partial charge < -0.3 is 9.15 Å². The second kappa shape index (κ2) is 8.32. The number of carbonyl (C=O) groups excluding carboxylic acids is 1. The van der Waals surface area contributed by atoms with Crippen molar-refractivity contribution in [2.75, 3.05) is 11.8 Å². The summed E-state index contributed by atoms with van der Waals surface area (Å²) >= 11 is 0. The molecule has 0 atom stereocenters. The van der Waals surface area contributed by atoms with Crippen LogP contribution < -0.4 is 15.1 Å². The molecule has 162 valence electrons. The van der Waals surface area contributed by atoms with Crippen LogP contribution in [0.3, 0.4) is 0 Å². The summed E-state index contributed by atoms with van der Waals surface area (Å²) in [7, 11) is -2.26. The molecule has 0 saturated heterocycles. The number of ether oxygens (including phenoxy) is 1. The summed E-state index contributed by atoms with van der Waals surface area (Å²) in [5, 5.41) is 0.580. The number of ketones is 1. The number of anilines is 1. The molecular weight excluding hydrogens is 430 g/mol. The quantitative estimate of drug-likeness (QED) is 0.351. The number of hydrogen-bond donors (Lipinski definition) is 1. The van der Waals surface area contributed by atoms with Gasteiger partial charge in [-0.25, -0.2) is 13.2 Å². The Morgan fingerprint density at radius 3 is 2.28 bits per heavy atom. The fraction of sp³-hybridized carbons (Fsp3) is 0.0833. The maximum absolute atomic E-state index is 12.9. The van der Waals surface area contributed by atoms with E-state index in [-0.39, 0.29) is 16.0 Å². The van der Waals surface area contributed by atoms with E-state index in [2.05, 4.69) is 4.72 Å². The van der Waals surface area contributed by atoms with Gasteiger partial charge in [0.05, 0.1) is 12.0 Å². The van der Waals surface area contributed by atoms with Crippen LogP contribution in [0.1, 0.15) is 21.5 Å². The normalized spacial score (nSPS) is 11.3. The van der Waals surface area contributed by atoms with E-state index < -0.39 is 21.4 Å². The number of carbonyl (C=O) groups is 1. The molecule has 7 nitrogen and oxygen atoms in total. The van der Waals surface area contributed by atoms with E-state index in [0.717, 1.165) is 5.56 Å². The van der Waals surface area contributed by atoms with Gasteiger partial charge in [-0.05, 0) is 61.5 Å². The van der Waals surface area contributed by atoms with E-state index in [1.807, 2.05) is 6.92 Å². The average Bonchev–Trinajstić information content (AvgIpc) is 2.78. The predicted molar refractivity (Wildman–Crippen MR) is 121 cm³/mol. The maximum atomic E-state index is 12.9. The highest BCUT2D eigenvalue weighted by molar-refractivity contribution is 7.92. The highest BCUT2D eigenvalue weighted by Crippen LogP contribution is 2.22. The second-order valence-electron chi connectivity index (χ2n) is 7.18. The van der Waals surface area contributed by atoms with Crippen molar-refractivity contribution in [2.45, 2.75) is 11.8 Å². The molecule has 0 aliphatic rings. The van der Waals surface area contributed by atoms with Crippen molar-refractivity contribution in [3.8, 4) is 5.75 Å². The number of benzene rings is 3. The molecular formula is C24H19NO6S.